The molecule has 3 aromatic rings. The number of hydrogen-bond acceptors (Lipinski definition) is 5. The van der Waals surface area contributed by atoms with E-state index in [9.17, 15) is 8.42 Å². The first-order chi connectivity index (χ1) is 11.6. The molecule has 0 saturated carbocycles. The topological polar surface area (TPSA) is 73.2 Å². The highest BCUT2D eigenvalue weighted by atomic mass is 32.2. The molecule has 0 aliphatic carbocycles. The summed E-state index contributed by atoms with van der Waals surface area (Å²) in [6.07, 6.45) is 1.84. The van der Waals surface area contributed by atoms with Crippen LogP contribution in [0.2, 0.25) is 0 Å². The fraction of sp³-hybridized carbons (Fsp3) is 0.188. The maximum atomic E-state index is 12.4. The average molecular weight is 363 g/mol. The van der Waals surface area contributed by atoms with Crippen LogP contribution in [0.4, 0.5) is 0 Å². The van der Waals surface area contributed by atoms with Gasteiger partial charge in [-0.3, -0.25) is 4.68 Å². The van der Waals surface area contributed by atoms with Gasteiger partial charge in [0.05, 0.1) is 18.5 Å². The van der Waals surface area contributed by atoms with E-state index < -0.39 is 10.0 Å². The third-order valence-electron chi connectivity index (χ3n) is 3.41. The van der Waals surface area contributed by atoms with Crippen LogP contribution in [0, 0.1) is 0 Å². The molecule has 126 valence electrons. The van der Waals surface area contributed by atoms with Gasteiger partial charge in [0.25, 0.3) is 0 Å². The Kier molecular flexibility index (Phi) is 4.98. The van der Waals surface area contributed by atoms with E-state index in [2.05, 4.69) is 9.82 Å². The summed E-state index contributed by atoms with van der Waals surface area (Å²) in [6, 6.07) is 12.4. The van der Waals surface area contributed by atoms with Gasteiger partial charge in [-0.1, -0.05) is 18.2 Å². The van der Waals surface area contributed by atoms with E-state index in [0.29, 0.717) is 12.3 Å². The molecule has 0 radical (unpaired) electrons. The maximum absolute atomic E-state index is 12.4. The zero-order valence-electron chi connectivity index (χ0n) is 13.0. The molecular formula is C16H17N3O3S2. The van der Waals surface area contributed by atoms with E-state index in [4.69, 9.17) is 4.74 Å². The molecule has 0 bridgehead atoms. The van der Waals surface area contributed by atoms with Gasteiger partial charge >= 0.3 is 0 Å². The molecule has 24 heavy (non-hydrogen) atoms. The summed E-state index contributed by atoms with van der Waals surface area (Å²) in [5, 5.41) is 6.44. The first-order valence-corrected chi connectivity index (χ1v) is 9.66. The lowest BCUT2D eigenvalue weighted by molar-refractivity contribution is 0.402. The molecule has 0 aliphatic heterocycles. The first-order valence-electron chi connectivity index (χ1n) is 7.30. The molecule has 1 aromatic carbocycles. The van der Waals surface area contributed by atoms with Gasteiger partial charge in [-0.25, -0.2) is 13.1 Å². The highest BCUT2D eigenvalue weighted by molar-refractivity contribution is 7.89. The van der Waals surface area contributed by atoms with Crippen molar-refractivity contribution in [2.45, 2.75) is 11.4 Å². The molecule has 0 spiro atoms. The molecule has 0 unspecified atom stereocenters. The lowest BCUT2D eigenvalue weighted by atomic mass is 10.3. The molecule has 0 aliphatic rings. The number of sulfonamides is 1. The van der Waals surface area contributed by atoms with Gasteiger partial charge in [0.1, 0.15) is 16.3 Å². The van der Waals surface area contributed by atoms with Crippen LogP contribution in [0.15, 0.2) is 58.9 Å². The van der Waals surface area contributed by atoms with Gasteiger partial charge in [-0.2, -0.15) is 5.10 Å². The predicted octanol–water partition coefficient (Wildman–Crippen LogP) is 2.60. The number of methoxy groups -OCH3 is 1. The van der Waals surface area contributed by atoms with Crippen LogP contribution < -0.4 is 9.46 Å². The summed E-state index contributed by atoms with van der Waals surface area (Å²) in [5.74, 6) is 0.323. The third kappa shape index (κ3) is 3.66. The van der Waals surface area contributed by atoms with Gasteiger partial charge in [0.2, 0.25) is 10.0 Å². The van der Waals surface area contributed by atoms with Crippen LogP contribution in [-0.4, -0.2) is 31.9 Å². The number of nitrogens with one attached hydrogen (secondary N) is 1. The number of rotatable bonds is 7. The minimum atomic E-state index is -3.62. The molecule has 2 aromatic heterocycles. The van der Waals surface area contributed by atoms with Crippen molar-refractivity contribution in [3.8, 4) is 16.3 Å². The molecule has 1 N–H and O–H groups in total. The molecule has 0 fully saturated rings. The smallest absolute Gasteiger partial charge is 0.244 e. The van der Waals surface area contributed by atoms with Gasteiger partial charge in [-0.15, -0.1) is 11.3 Å². The molecule has 8 heteroatoms. The van der Waals surface area contributed by atoms with E-state index in [1.807, 2.05) is 29.8 Å². The van der Waals surface area contributed by atoms with Crippen LogP contribution in [0.1, 0.15) is 0 Å². The lowest BCUT2D eigenvalue weighted by Gasteiger charge is -2.10. The fourth-order valence-electron chi connectivity index (χ4n) is 2.26. The Morgan fingerprint density at radius 1 is 1.21 bits per heavy atom. The minimum Gasteiger partial charge on any atom is -0.495 e. The first kappa shape index (κ1) is 16.7. The van der Waals surface area contributed by atoms with Crippen LogP contribution in [-0.2, 0) is 16.6 Å². The SMILES string of the molecule is COc1ccccc1S(=O)(=O)NCCn1ccc(-c2cccs2)n1. The zero-order chi connectivity index (χ0) is 17.0. The number of ether oxygens (including phenoxy) is 1. The summed E-state index contributed by atoms with van der Waals surface area (Å²) in [5.41, 5.74) is 0.887. The average Bonchev–Trinajstić information content (AvgIpc) is 3.26. The second kappa shape index (κ2) is 7.16. The maximum Gasteiger partial charge on any atom is 0.244 e. The van der Waals surface area contributed by atoms with E-state index in [-0.39, 0.29) is 11.4 Å². The Bertz CT molecular complexity index is 902. The summed E-state index contributed by atoms with van der Waals surface area (Å²) >= 11 is 1.62. The monoisotopic (exact) mass is 363 g/mol. The third-order valence-corrected chi connectivity index (χ3v) is 5.80. The van der Waals surface area contributed by atoms with Crippen molar-refractivity contribution in [2.24, 2.45) is 0 Å². The number of aromatic nitrogens is 2. The van der Waals surface area contributed by atoms with E-state index in [1.54, 1.807) is 34.2 Å². The van der Waals surface area contributed by atoms with E-state index >= 15 is 0 Å². The van der Waals surface area contributed by atoms with Gasteiger partial charge in [0, 0.05) is 12.7 Å². The lowest BCUT2D eigenvalue weighted by Crippen LogP contribution is -2.28. The largest absolute Gasteiger partial charge is 0.495 e. The highest BCUT2D eigenvalue weighted by Gasteiger charge is 2.18. The quantitative estimate of drug-likeness (QED) is 0.700. The van der Waals surface area contributed by atoms with Crippen LogP contribution in [0.3, 0.4) is 0 Å². The number of benzene rings is 1. The van der Waals surface area contributed by atoms with Crippen LogP contribution in [0.5, 0.6) is 5.75 Å². The molecule has 0 saturated heterocycles. The van der Waals surface area contributed by atoms with Crippen molar-refractivity contribution in [1.29, 1.82) is 0 Å². The standard InChI is InChI=1S/C16H17N3O3S2/c1-22-14-5-2-3-7-16(14)24(20,21)17-9-11-19-10-8-13(18-19)15-6-4-12-23-15/h2-8,10,12,17H,9,11H2,1H3. The Hall–Kier alpha value is -2.16. The Balaban J connectivity index is 1.64. The second-order valence-electron chi connectivity index (χ2n) is 4.99. The highest BCUT2D eigenvalue weighted by Crippen LogP contribution is 2.23. The Labute approximate surface area is 144 Å². The Morgan fingerprint density at radius 2 is 2.04 bits per heavy atom. The van der Waals surface area contributed by atoms with Crippen molar-refractivity contribution in [3.63, 3.8) is 0 Å². The van der Waals surface area contributed by atoms with Gasteiger partial charge in [0.15, 0.2) is 0 Å². The number of para-hydroxylation sites is 1. The Morgan fingerprint density at radius 3 is 2.79 bits per heavy atom. The second-order valence-corrected chi connectivity index (χ2v) is 7.67. The zero-order valence-corrected chi connectivity index (χ0v) is 14.7. The van der Waals surface area contributed by atoms with Crippen molar-refractivity contribution in [2.75, 3.05) is 13.7 Å². The van der Waals surface area contributed by atoms with Gasteiger partial charge < -0.3 is 4.74 Å². The van der Waals surface area contributed by atoms with Crippen molar-refractivity contribution in [3.05, 3.63) is 54.0 Å². The number of nitrogens with zero attached hydrogens (tertiary/aromatic N) is 2. The van der Waals surface area contributed by atoms with Crippen molar-refractivity contribution < 1.29 is 13.2 Å². The van der Waals surface area contributed by atoms with Crippen molar-refractivity contribution >= 4 is 21.4 Å². The molecule has 0 atom stereocenters. The van der Waals surface area contributed by atoms with Crippen molar-refractivity contribution in [1.82, 2.24) is 14.5 Å². The summed E-state index contributed by atoms with van der Waals surface area (Å²) in [6.45, 7) is 0.686. The molecule has 3 rings (SSSR count). The number of thiophene rings is 1. The van der Waals surface area contributed by atoms with Gasteiger partial charge in [-0.05, 0) is 29.6 Å². The van der Waals surface area contributed by atoms with E-state index in [0.717, 1.165) is 10.6 Å². The minimum absolute atomic E-state index is 0.132. The summed E-state index contributed by atoms with van der Waals surface area (Å²) in [4.78, 5) is 1.22. The van der Waals surface area contributed by atoms with E-state index in [1.165, 1.54) is 13.2 Å². The molecular weight excluding hydrogens is 346 g/mol. The van der Waals surface area contributed by atoms with Crippen LogP contribution >= 0.6 is 11.3 Å². The summed E-state index contributed by atoms with van der Waals surface area (Å²) < 4.78 is 34.2. The molecule has 2 heterocycles. The van der Waals surface area contributed by atoms with Crippen LogP contribution in [0.25, 0.3) is 10.6 Å². The summed E-state index contributed by atoms with van der Waals surface area (Å²) in [7, 11) is -2.18. The fourth-order valence-corrected chi connectivity index (χ4v) is 4.14. The number of hydrogen-bond donors (Lipinski definition) is 1. The normalized spacial score (nSPS) is 11.5. The molecule has 0 amide bonds. The predicted molar refractivity (Wildman–Crippen MR) is 93.7 cm³/mol. The molecule has 6 nitrogen and oxygen atoms in total.